The summed E-state index contributed by atoms with van der Waals surface area (Å²) < 4.78 is 13.4. The van der Waals surface area contributed by atoms with Crippen molar-refractivity contribution in [1.82, 2.24) is 0 Å². The number of carbonyl (C=O) groups excluding carboxylic acids is 1. The normalized spacial score (nSPS) is 10.1. The summed E-state index contributed by atoms with van der Waals surface area (Å²) in [5, 5.41) is 11.6. The summed E-state index contributed by atoms with van der Waals surface area (Å²) in [5.74, 6) is -1.59. The van der Waals surface area contributed by atoms with Gasteiger partial charge < -0.3 is 16.2 Å². The van der Waals surface area contributed by atoms with E-state index in [2.05, 4.69) is 5.32 Å². The highest BCUT2D eigenvalue weighted by Gasteiger charge is 2.12. The fourth-order valence-corrected chi connectivity index (χ4v) is 1.45. The molecular formula is C13H11FN2O2. The van der Waals surface area contributed by atoms with Crippen molar-refractivity contribution in [2.24, 2.45) is 0 Å². The van der Waals surface area contributed by atoms with Gasteiger partial charge >= 0.3 is 0 Å². The zero-order chi connectivity index (χ0) is 13.1. The first kappa shape index (κ1) is 11.9. The second-order valence-electron chi connectivity index (χ2n) is 3.74. The van der Waals surface area contributed by atoms with Gasteiger partial charge in [-0.15, -0.1) is 0 Å². The lowest BCUT2D eigenvalue weighted by Crippen LogP contribution is -2.13. The Balaban J connectivity index is 2.19. The largest absolute Gasteiger partial charge is 0.508 e. The van der Waals surface area contributed by atoms with Crippen molar-refractivity contribution >= 4 is 17.3 Å². The Hall–Kier alpha value is -2.56. The number of rotatable bonds is 2. The number of phenolic OH excluding ortho intramolecular Hbond substituents is 1. The van der Waals surface area contributed by atoms with Crippen molar-refractivity contribution in [3.05, 3.63) is 53.8 Å². The van der Waals surface area contributed by atoms with E-state index in [9.17, 15) is 9.18 Å². The molecule has 0 heterocycles. The fourth-order valence-electron chi connectivity index (χ4n) is 1.45. The highest BCUT2D eigenvalue weighted by molar-refractivity contribution is 6.04. The van der Waals surface area contributed by atoms with Gasteiger partial charge in [0.25, 0.3) is 5.91 Å². The number of nitrogen functional groups attached to an aromatic ring is 1. The van der Waals surface area contributed by atoms with Crippen molar-refractivity contribution in [2.75, 3.05) is 11.1 Å². The third-order valence-corrected chi connectivity index (χ3v) is 2.37. The van der Waals surface area contributed by atoms with E-state index in [1.165, 1.54) is 12.1 Å². The third kappa shape index (κ3) is 2.57. The molecule has 0 atom stereocenters. The molecule has 0 aliphatic rings. The van der Waals surface area contributed by atoms with E-state index in [0.717, 1.165) is 6.07 Å². The first-order chi connectivity index (χ1) is 8.56. The lowest BCUT2D eigenvalue weighted by molar-refractivity contribution is 0.102. The highest BCUT2D eigenvalue weighted by Crippen LogP contribution is 2.17. The molecule has 0 spiro atoms. The van der Waals surface area contributed by atoms with Gasteiger partial charge in [-0.3, -0.25) is 4.79 Å². The van der Waals surface area contributed by atoms with Gasteiger partial charge in [0.05, 0.1) is 5.56 Å². The van der Waals surface area contributed by atoms with Gasteiger partial charge in [0.15, 0.2) is 0 Å². The monoisotopic (exact) mass is 246 g/mol. The number of phenols is 1. The van der Waals surface area contributed by atoms with Crippen molar-refractivity contribution in [3.8, 4) is 5.75 Å². The van der Waals surface area contributed by atoms with Crippen molar-refractivity contribution in [2.45, 2.75) is 0 Å². The Kier molecular flexibility index (Phi) is 3.14. The van der Waals surface area contributed by atoms with Crippen LogP contribution in [0.3, 0.4) is 0 Å². The quantitative estimate of drug-likeness (QED) is 0.712. The molecule has 0 aromatic heterocycles. The zero-order valence-corrected chi connectivity index (χ0v) is 9.35. The van der Waals surface area contributed by atoms with Gasteiger partial charge in [0, 0.05) is 17.4 Å². The lowest BCUT2D eigenvalue weighted by atomic mass is 10.2. The molecule has 0 saturated carbocycles. The van der Waals surface area contributed by atoms with Crippen LogP contribution < -0.4 is 11.1 Å². The van der Waals surface area contributed by atoms with Gasteiger partial charge in [0.2, 0.25) is 0 Å². The maximum atomic E-state index is 13.4. The van der Waals surface area contributed by atoms with E-state index in [1.54, 1.807) is 24.3 Å². The molecule has 4 nitrogen and oxygen atoms in total. The van der Waals surface area contributed by atoms with Gasteiger partial charge in [0.1, 0.15) is 11.6 Å². The second kappa shape index (κ2) is 4.75. The van der Waals surface area contributed by atoms with Gasteiger partial charge in [-0.25, -0.2) is 4.39 Å². The average molecular weight is 246 g/mol. The molecule has 1 amide bonds. The summed E-state index contributed by atoms with van der Waals surface area (Å²) in [6.45, 7) is 0. The number of benzene rings is 2. The molecule has 92 valence electrons. The van der Waals surface area contributed by atoms with Crippen LogP contribution in [0.5, 0.6) is 5.75 Å². The number of nitrogens with one attached hydrogen (secondary N) is 1. The number of aromatic hydroxyl groups is 1. The Morgan fingerprint density at radius 1 is 1.17 bits per heavy atom. The third-order valence-electron chi connectivity index (χ3n) is 2.37. The first-order valence-corrected chi connectivity index (χ1v) is 5.21. The predicted molar refractivity (Wildman–Crippen MR) is 66.9 cm³/mol. The lowest BCUT2D eigenvalue weighted by Gasteiger charge is -2.06. The molecule has 0 aliphatic carbocycles. The molecular weight excluding hydrogens is 235 g/mol. The topological polar surface area (TPSA) is 75.3 Å². The molecule has 0 aliphatic heterocycles. The van der Waals surface area contributed by atoms with E-state index in [0.29, 0.717) is 11.4 Å². The minimum atomic E-state index is -0.775. The molecule has 2 aromatic rings. The van der Waals surface area contributed by atoms with Crippen LogP contribution in [0.2, 0.25) is 0 Å². The van der Waals surface area contributed by atoms with E-state index in [4.69, 9.17) is 10.8 Å². The standard InChI is InChI=1S/C13H11FN2O2/c14-12-7-10(17)5-6-11(12)13(18)16-9-3-1-8(15)2-4-9/h1-7,17H,15H2,(H,16,18). The number of carbonyl (C=O) groups is 1. The van der Waals surface area contributed by atoms with Crippen LogP contribution in [0.1, 0.15) is 10.4 Å². The smallest absolute Gasteiger partial charge is 0.258 e. The predicted octanol–water partition coefficient (Wildman–Crippen LogP) is 2.37. The van der Waals surface area contributed by atoms with Crippen LogP contribution in [-0.2, 0) is 0 Å². The van der Waals surface area contributed by atoms with E-state index in [-0.39, 0.29) is 11.3 Å². The molecule has 0 saturated heterocycles. The Morgan fingerprint density at radius 2 is 1.83 bits per heavy atom. The van der Waals surface area contributed by atoms with Crippen LogP contribution in [0.25, 0.3) is 0 Å². The van der Waals surface area contributed by atoms with Gasteiger partial charge in [-0.2, -0.15) is 0 Å². The van der Waals surface area contributed by atoms with Crippen LogP contribution >= 0.6 is 0 Å². The Labute approximate surface area is 103 Å². The molecule has 2 rings (SSSR count). The van der Waals surface area contributed by atoms with Crippen LogP contribution in [0.15, 0.2) is 42.5 Å². The second-order valence-corrected chi connectivity index (χ2v) is 3.74. The highest BCUT2D eigenvalue weighted by atomic mass is 19.1. The van der Waals surface area contributed by atoms with Crippen molar-refractivity contribution in [3.63, 3.8) is 0 Å². The number of nitrogens with two attached hydrogens (primary N) is 1. The molecule has 5 heteroatoms. The first-order valence-electron chi connectivity index (χ1n) is 5.21. The molecule has 0 fully saturated rings. The Morgan fingerprint density at radius 3 is 2.44 bits per heavy atom. The molecule has 0 bridgehead atoms. The summed E-state index contributed by atoms with van der Waals surface area (Å²) in [5.41, 5.74) is 6.46. The van der Waals surface area contributed by atoms with Crippen LogP contribution in [0, 0.1) is 5.82 Å². The fraction of sp³-hybridized carbons (Fsp3) is 0. The van der Waals surface area contributed by atoms with E-state index >= 15 is 0 Å². The average Bonchev–Trinajstić information content (AvgIpc) is 2.32. The maximum absolute atomic E-state index is 13.4. The number of hydrogen-bond donors (Lipinski definition) is 3. The summed E-state index contributed by atoms with van der Waals surface area (Å²) in [6.07, 6.45) is 0. The van der Waals surface area contributed by atoms with Gasteiger partial charge in [-0.1, -0.05) is 0 Å². The number of hydrogen-bond acceptors (Lipinski definition) is 3. The minimum absolute atomic E-state index is 0.135. The minimum Gasteiger partial charge on any atom is -0.508 e. The maximum Gasteiger partial charge on any atom is 0.258 e. The van der Waals surface area contributed by atoms with Crippen LogP contribution in [-0.4, -0.2) is 11.0 Å². The molecule has 4 N–H and O–H groups in total. The summed E-state index contributed by atoms with van der Waals surface area (Å²) in [6, 6.07) is 9.85. The van der Waals surface area contributed by atoms with E-state index in [1.807, 2.05) is 0 Å². The summed E-state index contributed by atoms with van der Waals surface area (Å²) in [7, 11) is 0. The van der Waals surface area contributed by atoms with Crippen molar-refractivity contribution in [1.29, 1.82) is 0 Å². The zero-order valence-electron chi connectivity index (χ0n) is 9.35. The van der Waals surface area contributed by atoms with E-state index < -0.39 is 11.7 Å². The number of halogens is 1. The van der Waals surface area contributed by atoms with Gasteiger partial charge in [-0.05, 0) is 36.4 Å². The van der Waals surface area contributed by atoms with Crippen LogP contribution in [0.4, 0.5) is 15.8 Å². The summed E-state index contributed by atoms with van der Waals surface area (Å²) >= 11 is 0. The number of anilines is 2. The molecule has 18 heavy (non-hydrogen) atoms. The molecule has 0 radical (unpaired) electrons. The number of amides is 1. The summed E-state index contributed by atoms with van der Waals surface area (Å²) in [4.78, 5) is 11.8. The molecule has 0 unspecified atom stereocenters. The van der Waals surface area contributed by atoms with Crippen molar-refractivity contribution < 1.29 is 14.3 Å². The Bertz CT molecular complexity index is 582. The SMILES string of the molecule is Nc1ccc(NC(=O)c2ccc(O)cc2F)cc1. The molecule has 2 aromatic carbocycles.